The molecule has 1 aromatic carbocycles. The van der Waals surface area contributed by atoms with Gasteiger partial charge in [0.05, 0.1) is 19.9 Å². The van der Waals surface area contributed by atoms with Crippen LogP contribution in [-0.4, -0.2) is 52.6 Å². The molecular formula is C21H26N4O4S. The summed E-state index contributed by atoms with van der Waals surface area (Å²) in [6.45, 7) is 5.96. The molecule has 2 heterocycles. The van der Waals surface area contributed by atoms with Gasteiger partial charge < -0.3 is 19.5 Å². The van der Waals surface area contributed by atoms with Gasteiger partial charge in [0.15, 0.2) is 16.7 Å². The zero-order valence-electron chi connectivity index (χ0n) is 17.8. The standard InChI is InChI=1S/C21H26N4O4S/c1-21(2,3)29-20(26)23-9-11-30-19-24-15(13-18-22-8-10-25(18)19)14-6-7-16(27-4)17(12-14)28-5/h6-8,10,12-13H,9,11H2,1-5H3,(H,23,26). The van der Waals surface area contributed by atoms with E-state index < -0.39 is 11.7 Å². The Morgan fingerprint density at radius 2 is 1.93 bits per heavy atom. The molecule has 1 N–H and O–H groups in total. The molecule has 9 heteroatoms. The molecule has 0 unspecified atom stereocenters. The number of carbonyl (C=O) groups excluding carboxylic acids is 1. The van der Waals surface area contributed by atoms with Crippen LogP contribution in [0.15, 0.2) is 41.8 Å². The molecule has 0 aliphatic heterocycles. The second kappa shape index (κ2) is 9.25. The first-order valence-electron chi connectivity index (χ1n) is 9.47. The zero-order valence-corrected chi connectivity index (χ0v) is 18.6. The molecule has 0 saturated heterocycles. The Bertz CT molecular complexity index is 1030. The Labute approximate surface area is 180 Å². The molecule has 0 spiro atoms. The van der Waals surface area contributed by atoms with Crippen molar-refractivity contribution in [2.45, 2.75) is 31.5 Å². The van der Waals surface area contributed by atoms with Crippen molar-refractivity contribution in [3.63, 3.8) is 0 Å². The topological polar surface area (TPSA) is 87.0 Å². The summed E-state index contributed by atoms with van der Waals surface area (Å²) in [5.74, 6) is 1.93. The lowest BCUT2D eigenvalue weighted by Gasteiger charge is -2.19. The second-order valence-electron chi connectivity index (χ2n) is 7.43. The molecule has 0 saturated carbocycles. The van der Waals surface area contributed by atoms with Gasteiger partial charge in [0, 0.05) is 36.3 Å². The molecule has 160 valence electrons. The van der Waals surface area contributed by atoms with Crippen LogP contribution in [0.2, 0.25) is 0 Å². The van der Waals surface area contributed by atoms with Crippen molar-refractivity contribution in [2.75, 3.05) is 26.5 Å². The van der Waals surface area contributed by atoms with Crippen LogP contribution < -0.4 is 14.8 Å². The van der Waals surface area contributed by atoms with E-state index in [9.17, 15) is 4.79 Å². The fourth-order valence-electron chi connectivity index (χ4n) is 2.75. The number of ether oxygens (including phenoxy) is 3. The van der Waals surface area contributed by atoms with Gasteiger partial charge in [-0.15, -0.1) is 0 Å². The maximum absolute atomic E-state index is 11.8. The number of alkyl carbamates (subject to hydrolysis) is 1. The molecule has 0 radical (unpaired) electrons. The highest BCUT2D eigenvalue weighted by atomic mass is 32.2. The van der Waals surface area contributed by atoms with Gasteiger partial charge in [-0.05, 0) is 39.0 Å². The predicted octanol–water partition coefficient (Wildman–Crippen LogP) is 4.03. The molecule has 0 bridgehead atoms. The molecule has 3 aromatic rings. The number of fused-ring (bicyclic) bond motifs is 1. The minimum absolute atomic E-state index is 0.428. The molecular weight excluding hydrogens is 404 g/mol. The monoisotopic (exact) mass is 430 g/mol. The summed E-state index contributed by atoms with van der Waals surface area (Å²) < 4.78 is 17.9. The normalized spacial score (nSPS) is 11.4. The first-order chi connectivity index (χ1) is 14.3. The van der Waals surface area contributed by atoms with E-state index in [2.05, 4.69) is 10.3 Å². The third kappa shape index (κ3) is 5.35. The van der Waals surface area contributed by atoms with Gasteiger partial charge in [-0.3, -0.25) is 4.40 Å². The Morgan fingerprint density at radius 3 is 2.63 bits per heavy atom. The van der Waals surface area contributed by atoms with Crippen molar-refractivity contribution in [1.82, 2.24) is 19.7 Å². The molecule has 2 aromatic heterocycles. The summed E-state index contributed by atoms with van der Waals surface area (Å²) in [5, 5.41) is 3.54. The third-order valence-electron chi connectivity index (χ3n) is 4.04. The predicted molar refractivity (Wildman–Crippen MR) is 116 cm³/mol. The number of amides is 1. The molecule has 30 heavy (non-hydrogen) atoms. The first-order valence-corrected chi connectivity index (χ1v) is 10.5. The van der Waals surface area contributed by atoms with E-state index in [1.807, 2.05) is 55.6 Å². The molecule has 0 fully saturated rings. The first kappa shape index (κ1) is 21.8. The van der Waals surface area contributed by atoms with Gasteiger partial charge in [0.2, 0.25) is 0 Å². The van der Waals surface area contributed by atoms with Crippen LogP contribution in [0, 0.1) is 0 Å². The van der Waals surface area contributed by atoms with Crippen LogP contribution in [0.1, 0.15) is 20.8 Å². The zero-order chi connectivity index (χ0) is 21.7. The lowest BCUT2D eigenvalue weighted by molar-refractivity contribution is 0.0531. The maximum atomic E-state index is 11.8. The van der Waals surface area contributed by atoms with Crippen molar-refractivity contribution in [1.29, 1.82) is 0 Å². The van der Waals surface area contributed by atoms with Crippen LogP contribution in [0.4, 0.5) is 4.79 Å². The molecule has 0 aliphatic rings. The molecule has 0 atom stereocenters. The van der Waals surface area contributed by atoms with Crippen LogP contribution in [0.3, 0.4) is 0 Å². The highest BCUT2D eigenvalue weighted by molar-refractivity contribution is 7.99. The number of nitrogens with zero attached hydrogens (tertiary/aromatic N) is 3. The van der Waals surface area contributed by atoms with Crippen molar-refractivity contribution >= 4 is 23.5 Å². The number of carbonyl (C=O) groups is 1. The number of aromatic nitrogens is 3. The van der Waals surface area contributed by atoms with Crippen molar-refractivity contribution in [3.8, 4) is 22.8 Å². The van der Waals surface area contributed by atoms with Crippen molar-refractivity contribution < 1.29 is 19.0 Å². The minimum Gasteiger partial charge on any atom is -0.493 e. The number of benzene rings is 1. The van der Waals surface area contributed by atoms with Gasteiger partial charge >= 0.3 is 6.09 Å². The average Bonchev–Trinajstić information content (AvgIpc) is 3.18. The minimum atomic E-state index is -0.518. The van der Waals surface area contributed by atoms with Gasteiger partial charge in [0.1, 0.15) is 11.2 Å². The Kier molecular flexibility index (Phi) is 6.71. The molecule has 8 nitrogen and oxygen atoms in total. The lowest BCUT2D eigenvalue weighted by atomic mass is 10.1. The SMILES string of the molecule is COc1ccc(-c2cc3nccn3c(SCCNC(=O)OC(C)(C)C)n2)cc1OC. The number of thioether (sulfide) groups is 1. The second-order valence-corrected chi connectivity index (χ2v) is 8.49. The number of hydrogen-bond donors (Lipinski definition) is 1. The molecule has 1 amide bonds. The van der Waals surface area contributed by atoms with Crippen molar-refractivity contribution in [3.05, 3.63) is 36.7 Å². The summed E-state index contributed by atoms with van der Waals surface area (Å²) in [6, 6.07) is 7.59. The largest absolute Gasteiger partial charge is 0.493 e. The van der Waals surface area contributed by atoms with E-state index in [4.69, 9.17) is 19.2 Å². The number of rotatable bonds is 7. The number of imidazole rings is 1. The van der Waals surface area contributed by atoms with Crippen LogP contribution >= 0.6 is 11.8 Å². The fraction of sp³-hybridized carbons (Fsp3) is 0.381. The lowest BCUT2D eigenvalue weighted by Crippen LogP contribution is -2.33. The van der Waals surface area contributed by atoms with E-state index in [0.29, 0.717) is 23.8 Å². The highest BCUT2D eigenvalue weighted by Crippen LogP contribution is 2.32. The summed E-state index contributed by atoms with van der Waals surface area (Å²) in [5.41, 5.74) is 1.94. The Morgan fingerprint density at radius 1 is 1.17 bits per heavy atom. The number of methoxy groups -OCH3 is 2. The Balaban J connectivity index is 1.76. The summed E-state index contributed by atoms with van der Waals surface area (Å²) in [7, 11) is 3.21. The third-order valence-corrected chi connectivity index (χ3v) is 4.99. The van der Waals surface area contributed by atoms with Crippen LogP contribution in [-0.2, 0) is 4.74 Å². The summed E-state index contributed by atoms with van der Waals surface area (Å²) in [4.78, 5) is 21.0. The smallest absolute Gasteiger partial charge is 0.407 e. The van der Waals surface area contributed by atoms with E-state index in [-0.39, 0.29) is 0 Å². The summed E-state index contributed by atoms with van der Waals surface area (Å²) in [6.07, 6.45) is 3.17. The molecule has 0 aliphatic carbocycles. The van der Waals surface area contributed by atoms with E-state index >= 15 is 0 Å². The van der Waals surface area contributed by atoms with Crippen molar-refractivity contribution in [2.24, 2.45) is 0 Å². The average molecular weight is 431 g/mol. The van der Waals surface area contributed by atoms with E-state index in [0.717, 1.165) is 22.1 Å². The summed E-state index contributed by atoms with van der Waals surface area (Å²) >= 11 is 1.53. The number of nitrogens with one attached hydrogen (secondary N) is 1. The molecule has 3 rings (SSSR count). The van der Waals surface area contributed by atoms with Gasteiger partial charge in [-0.2, -0.15) is 0 Å². The van der Waals surface area contributed by atoms with Crippen LogP contribution in [0.5, 0.6) is 11.5 Å². The van der Waals surface area contributed by atoms with Crippen LogP contribution in [0.25, 0.3) is 16.9 Å². The van der Waals surface area contributed by atoms with E-state index in [1.165, 1.54) is 11.8 Å². The quantitative estimate of drug-likeness (QED) is 0.344. The number of hydrogen-bond acceptors (Lipinski definition) is 7. The highest BCUT2D eigenvalue weighted by Gasteiger charge is 2.16. The van der Waals surface area contributed by atoms with Gasteiger partial charge in [0.25, 0.3) is 0 Å². The Hall–Kier alpha value is -2.94. The fourth-order valence-corrected chi connectivity index (χ4v) is 3.59. The van der Waals surface area contributed by atoms with E-state index in [1.54, 1.807) is 20.4 Å². The van der Waals surface area contributed by atoms with Gasteiger partial charge in [-0.1, -0.05) is 11.8 Å². The maximum Gasteiger partial charge on any atom is 0.407 e. The van der Waals surface area contributed by atoms with Gasteiger partial charge in [-0.25, -0.2) is 14.8 Å².